The van der Waals surface area contributed by atoms with Crippen LogP contribution in [0, 0.1) is 0 Å². The highest BCUT2D eigenvalue weighted by atomic mass is 16.4. The molecule has 0 bridgehead atoms. The van der Waals surface area contributed by atoms with Crippen LogP contribution in [0.4, 0.5) is 5.82 Å². The largest absolute Gasteiger partial charge is 0.478 e. The molecule has 7 heteroatoms. The Morgan fingerprint density at radius 2 is 1.94 bits per heavy atom. The van der Waals surface area contributed by atoms with Crippen LogP contribution in [-0.2, 0) is 0 Å². The number of carboxylic acid groups (broad SMARTS) is 1. The predicted molar refractivity (Wildman–Crippen MR) is 133 cm³/mol. The number of para-hydroxylation sites is 1. The second kappa shape index (κ2) is 9.17. The van der Waals surface area contributed by atoms with Gasteiger partial charge >= 0.3 is 5.97 Å². The number of rotatable bonds is 7. The van der Waals surface area contributed by atoms with Crippen molar-refractivity contribution in [1.82, 2.24) is 14.8 Å². The second-order valence-electron chi connectivity index (χ2n) is 8.80. The van der Waals surface area contributed by atoms with Crippen LogP contribution < -0.4 is 10.5 Å². The van der Waals surface area contributed by atoms with Crippen LogP contribution in [0.5, 0.6) is 0 Å². The van der Waals surface area contributed by atoms with E-state index in [9.17, 15) is 14.7 Å². The second-order valence-corrected chi connectivity index (χ2v) is 8.80. The van der Waals surface area contributed by atoms with Gasteiger partial charge in [-0.15, -0.1) is 0 Å². The summed E-state index contributed by atoms with van der Waals surface area (Å²) in [5.74, 6) is -0.194. The molecule has 5 rings (SSSR count). The molecule has 1 aliphatic carbocycles. The van der Waals surface area contributed by atoms with Crippen molar-refractivity contribution in [3.8, 4) is 0 Å². The van der Waals surface area contributed by atoms with Gasteiger partial charge in [0, 0.05) is 23.7 Å². The molecule has 1 saturated carbocycles. The zero-order valence-corrected chi connectivity index (χ0v) is 19.1. The van der Waals surface area contributed by atoms with Crippen molar-refractivity contribution in [2.24, 2.45) is 0 Å². The highest BCUT2D eigenvalue weighted by Crippen LogP contribution is 2.39. The van der Waals surface area contributed by atoms with Crippen molar-refractivity contribution >= 4 is 22.7 Å². The number of carbonyl (C=O) groups is 1. The van der Waals surface area contributed by atoms with Gasteiger partial charge in [0.25, 0.3) is 5.56 Å². The van der Waals surface area contributed by atoms with Gasteiger partial charge in [0.1, 0.15) is 0 Å². The van der Waals surface area contributed by atoms with E-state index in [1.807, 2.05) is 25.1 Å². The SMILES string of the molecule is CCN(c1nn(C2CCCC2)c2ccccc12)C(c1cccc(C(=O)O)c1)c1ccc[nH]c1=O. The van der Waals surface area contributed by atoms with Crippen molar-refractivity contribution in [2.75, 3.05) is 11.4 Å². The van der Waals surface area contributed by atoms with Crippen molar-refractivity contribution in [1.29, 1.82) is 0 Å². The Morgan fingerprint density at radius 1 is 1.15 bits per heavy atom. The number of hydrogen-bond acceptors (Lipinski definition) is 4. The van der Waals surface area contributed by atoms with E-state index in [1.165, 1.54) is 12.8 Å². The van der Waals surface area contributed by atoms with Crippen molar-refractivity contribution in [3.05, 3.63) is 93.9 Å². The van der Waals surface area contributed by atoms with Gasteiger partial charge in [-0.25, -0.2) is 4.79 Å². The van der Waals surface area contributed by atoms with Gasteiger partial charge < -0.3 is 15.0 Å². The number of benzene rings is 2. The number of carboxylic acids is 1. The topological polar surface area (TPSA) is 91.2 Å². The van der Waals surface area contributed by atoms with Gasteiger partial charge in [-0.1, -0.05) is 37.1 Å². The number of aromatic nitrogens is 3. The molecule has 0 saturated heterocycles. The third-order valence-electron chi connectivity index (χ3n) is 6.78. The summed E-state index contributed by atoms with van der Waals surface area (Å²) in [6.07, 6.45) is 6.24. The summed E-state index contributed by atoms with van der Waals surface area (Å²) in [6, 6.07) is 18.5. The van der Waals surface area contributed by atoms with Gasteiger partial charge in [0.05, 0.1) is 23.2 Å². The number of anilines is 1. The Morgan fingerprint density at radius 3 is 2.68 bits per heavy atom. The molecule has 2 N–H and O–H groups in total. The van der Waals surface area contributed by atoms with Crippen LogP contribution in [0.25, 0.3) is 10.9 Å². The van der Waals surface area contributed by atoms with E-state index < -0.39 is 12.0 Å². The molecule has 1 aliphatic rings. The van der Waals surface area contributed by atoms with Crippen LogP contribution in [0.3, 0.4) is 0 Å². The number of fused-ring (bicyclic) bond motifs is 1. The standard InChI is InChI=1S/C27H28N4O3/c1-2-30(25-21-13-5-6-15-23(21)31(29-25)20-11-3-4-12-20)24(22-14-8-16-28-26(22)32)18-9-7-10-19(17-18)27(33)34/h5-10,13-17,20,24H,2-4,11-12H2,1H3,(H,28,32)(H,33,34). The van der Waals surface area contributed by atoms with E-state index >= 15 is 0 Å². The summed E-state index contributed by atoms with van der Waals surface area (Å²) >= 11 is 0. The zero-order valence-electron chi connectivity index (χ0n) is 19.1. The smallest absolute Gasteiger partial charge is 0.335 e. The zero-order chi connectivity index (χ0) is 23.7. The third kappa shape index (κ3) is 3.87. The summed E-state index contributed by atoms with van der Waals surface area (Å²) in [5.41, 5.74) is 2.35. The van der Waals surface area contributed by atoms with Gasteiger partial charge in [-0.3, -0.25) is 9.48 Å². The first kappa shape index (κ1) is 21.9. The number of hydrogen-bond donors (Lipinski definition) is 2. The Balaban J connectivity index is 1.72. The molecule has 1 atom stereocenters. The van der Waals surface area contributed by atoms with Crippen LogP contribution in [0.1, 0.15) is 66.2 Å². The molecular formula is C27H28N4O3. The first-order valence-corrected chi connectivity index (χ1v) is 11.8. The average molecular weight is 457 g/mol. The fourth-order valence-corrected chi connectivity index (χ4v) is 5.19. The van der Waals surface area contributed by atoms with E-state index in [0.717, 1.165) is 35.1 Å². The number of nitrogens with one attached hydrogen (secondary N) is 1. The minimum absolute atomic E-state index is 0.187. The molecule has 1 fully saturated rings. The van der Waals surface area contributed by atoms with Gasteiger partial charge in [0.2, 0.25) is 0 Å². The molecule has 7 nitrogen and oxygen atoms in total. The molecule has 0 aliphatic heterocycles. The van der Waals surface area contributed by atoms with E-state index in [0.29, 0.717) is 18.2 Å². The normalized spacial score (nSPS) is 15.0. The highest BCUT2D eigenvalue weighted by Gasteiger charge is 2.30. The van der Waals surface area contributed by atoms with Crippen LogP contribution in [0.15, 0.2) is 71.7 Å². The maximum atomic E-state index is 13.0. The Labute approximate surface area is 197 Å². The average Bonchev–Trinajstić information content (AvgIpc) is 3.52. The lowest BCUT2D eigenvalue weighted by molar-refractivity contribution is 0.0696. The molecule has 34 heavy (non-hydrogen) atoms. The van der Waals surface area contributed by atoms with E-state index in [-0.39, 0.29) is 11.1 Å². The highest BCUT2D eigenvalue weighted by molar-refractivity contribution is 5.91. The lowest BCUT2D eigenvalue weighted by Crippen LogP contribution is -2.34. The third-order valence-corrected chi connectivity index (χ3v) is 6.78. The molecular weight excluding hydrogens is 428 g/mol. The molecule has 2 aromatic heterocycles. The monoisotopic (exact) mass is 456 g/mol. The Bertz CT molecular complexity index is 1380. The molecule has 0 spiro atoms. The van der Waals surface area contributed by atoms with E-state index in [1.54, 1.807) is 36.5 Å². The summed E-state index contributed by atoms with van der Waals surface area (Å²) in [4.78, 5) is 29.6. The van der Waals surface area contributed by atoms with Crippen LogP contribution >= 0.6 is 0 Å². The van der Waals surface area contributed by atoms with Crippen LogP contribution in [-0.4, -0.2) is 32.4 Å². The molecule has 0 amide bonds. The molecule has 4 aromatic rings. The minimum atomic E-state index is -0.999. The van der Waals surface area contributed by atoms with E-state index in [2.05, 4.69) is 26.7 Å². The molecule has 2 heterocycles. The fraction of sp³-hybridized carbons (Fsp3) is 0.296. The number of pyridine rings is 1. The minimum Gasteiger partial charge on any atom is -0.478 e. The van der Waals surface area contributed by atoms with Gasteiger partial charge in [-0.05, 0) is 61.7 Å². The Hall–Kier alpha value is -3.87. The predicted octanol–water partition coefficient (Wildman–Crippen LogP) is 5.15. The maximum absolute atomic E-state index is 13.0. The molecule has 174 valence electrons. The first-order valence-electron chi connectivity index (χ1n) is 11.8. The van der Waals surface area contributed by atoms with Crippen molar-refractivity contribution < 1.29 is 9.90 Å². The number of nitrogens with zero attached hydrogens (tertiary/aromatic N) is 3. The summed E-state index contributed by atoms with van der Waals surface area (Å²) in [7, 11) is 0. The summed E-state index contributed by atoms with van der Waals surface area (Å²) < 4.78 is 2.15. The quantitative estimate of drug-likeness (QED) is 0.401. The lowest BCUT2D eigenvalue weighted by atomic mass is 9.96. The molecule has 2 aromatic carbocycles. The van der Waals surface area contributed by atoms with Crippen LogP contribution in [0.2, 0.25) is 0 Å². The fourth-order valence-electron chi connectivity index (χ4n) is 5.19. The maximum Gasteiger partial charge on any atom is 0.335 e. The summed E-state index contributed by atoms with van der Waals surface area (Å²) in [6.45, 7) is 2.62. The number of aromatic carboxylic acids is 1. The number of H-pyrrole nitrogens is 1. The number of aromatic amines is 1. The Kier molecular flexibility index (Phi) is 5.92. The first-order chi connectivity index (χ1) is 16.6. The van der Waals surface area contributed by atoms with E-state index in [4.69, 9.17) is 5.10 Å². The van der Waals surface area contributed by atoms with Crippen molar-refractivity contribution in [3.63, 3.8) is 0 Å². The van der Waals surface area contributed by atoms with Crippen molar-refractivity contribution in [2.45, 2.75) is 44.7 Å². The van der Waals surface area contributed by atoms with Gasteiger partial charge in [0.15, 0.2) is 5.82 Å². The lowest BCUT2D eigenvalue weighted by Gasteiger charge is -2.31. The molecule has 1 unspecified atom stereocenters. The summed E-state index contributed by atoms with van der Waals surface area (Å²) in [5, 5.41) is 15.7. The molecule has 0 radical (unpaired) electrons. The van der Waals surface area contributed by atoms with Gasteiger partial charge in [-0.2, -0.15) is 5.10 Å².